The molecule has 0 atom stereocenters. The monoisotopic (exact) mass is 168 g/mol. The van der Waals surface area contributed by atoms with Gasteiger partial charge in [0.1, 0.15) is 0 Å². The van der Waals surface area contributed by atoms with Crippen molar-refractivity contribution in [3.63, 3.8) is 0 Å². The molecule has 0 saturated carbocycles. The van der Waals surface area contributed by atoms with Crippen LogP contribution in [0.1, 0.15) is 5.56 Å². The molecule has 1 aromatic rings. The van der Waals surface area contributed by atoms with Gasteiger partial charge < -0.3 is 10.8 Å². The number of phenolic OH excluding ortho intramolecular Hbond substituents is 1. The minimum Gasteiger partial charge on any atom is -0.502 e. The summed E-state index contributed by atoms with van der Waals surface area (Å²) in [7, 11) is 0. The van der Waals surface area contributed by atoms with Gasteiger partial charge in [0, 0.05) is 12.1 Å². The summed E-state index contributed by atoms with van der Waals surface area (Å²) in [6.07, 6.45) is 0. The molecule has 0 aliphatic heterocycles. The first-order chi connectivity index (χ1) is 5.66. The summed E-state index contributed by atoms with van der Waals surface area (Å²) in [4.78, 5) is 9.75. The molecular formula is C7H8N2O3. The number of phenols is 1. The van der Waals surface area contributed by atoms with Crippen molar-refractivity contribution >= 4 is 5.69 Å². The second kappa shape index (κ2) is 3.19. The molecule has 64 valence electrons. The second-order valence-electron chi connectivity index (χ2n) is 2.25. The number of benzene rings is 1. The van der Waals surface area contributed by atoms with E-state index in [1.54, 1.807) is 0 Å². The number of nitrogens with two attached hydrogens (primary N) is 1. The van der Waals surface area contributed by atoms with Gasteiger partial charge in [0.15, 0.2) is 5.75 Å². The summed E-state index contributed by atoms with van der Waals surface area (Å²) in [5, 5.41) is 19.5. The van der Waals surface area contributed by atoms with Crippen molar-refractivity contribution in [1.82, 2.24) is 0 Å². The summed E-state index contributed by atoms with van der Waals surface area (Å²) in [5.41, 5.74) is 5.27. The fourth-order valence-corrected chi connectivity index (χ4v) is 0.953. The molecule has 12 heavy (non-hydrogen) atoms. The standard InChI is InChI=1S/C7H8N2O3/c8-4-5-2-1-3-6(10)7(5)9(11)12/h1-3,10H,4,8H2. The van der Waals surface area contributed by atoms with E-state index in [0.717, 1.165) is 0 Å². The Morgan fingerprint density at radius 1 is 1.58 bits per heavy atom. The lowest BCUT2D eigenvalue weighted by Gasteiger charge is -2.00. The lowest BCUT2D eigenvalue weighted by molar-refractivity contribution is -0.386. The molecular weight excluding hydrogens is 160 g/mol. The number of para-hydroxylation sites is 1. The maximum absolute atomic E-state index is 10.4. The van der Waals surface area contributed by atoms with Gasteiger partial charge in [-0.25, -0.2) is 0 Å². The molecule has 0 aromatic heterocycles. The highest BCUT2D eigenvalue weighted by molar-refractivity contribution is 5.51. The maximum atomic E-state index is 10.4. The summed E-state index contributed by atoms with van der Waals surface area (Å²) in [6.45, 7) is 0.0463. The van der Waals surface area contributed by atoms with E-state index in [4.69, 9.17) is 10.8 Å². The summed E-state index contributed by atoms with van der Waals surface area (Å²) in [5.74, 6) is -0.344. The minimum atomic E-state index is -0.641. The van der Waals surface area contributed by atoms with Crippen LogP contribution in [0.25, 0.3) is 0 Å². The maximum Gasteiger partial charge on any atom is 0.315 e. The molecule has 0 unspecified atom stereocenters. The number of rotatable bonds is 2. The van der Waals surface area contributed by atoms with Crippen LogP contribution in [0, 0.1) is 10.1 Å². The van der Waals surface area contributed by atoms with Crippen LogP contribution in [-0.4, -0.2) is 10.0 Å². The average Bonchev–Trinajstić information content (AvgIpc) is 2.03. The Balaban J connectivity index is 3.29. The highest BCUT2D eigenvalue weighted by Crippen LogP contribution is 2.28. The van der Waals surface area contributed by atoms with Gasteiger partial charge in [-0.05, 0) is 6.07 Å². The molecule has 5 nitrogen and oxygen atoms in total. The Hall–Kier alpha value is -1.62. The van der Waals surface area contributed by atoms with Gasteiger partial charge in [-0.2, -0.15) is 0 Å². The van der Waals surface area contributed by atoms with Crippen molar-refractivity contribution in [2.45, 2.75) is 6.54 Å². The molecule has 0 aliphatic carbocycles. The highest BCUT2D eigenvalue weighted by Gasteiger charge is 2.17. The fraction of sp³-hybridized carbons (Fsp3) is 0.143. The van der Waals surface area contributed by atoms with E-state index in [9.17, 15) is 10.1 Å². The van der Waals surface area contributed by atoms with E-state index in [1.807, 2.05) is 0 Å². The normalized spacial score (nSPS) is 9.75. The van der Waals surface area contributed by atoms with Crippen molar-refractivity contribution in [3.05, 3.63) is 33.9 Å². The van der Waals surface area contributed by atoms with Crippen LogP contribution in [0.4, 0.5) is 5.69 Å². The summed E-state index contributed by atoms with van der Waals surface area (Å²) < 4.78 is 0. The Morgan fingerprint density at radius 3 is 2.67 bits per heavy atom. The quantitative estimate of drug-likeness (QED) is 0.503. The lowest BCUT2D eigenvalue weighted by Crippen LogP contribution is -2.01. The third-order valence-electron chi connectivity index (χ3n) is 1.50. The van der Waals surface area contributed by atoms with E-state index in [1.165, 1.54) is 18.2 Å². The van der Waals surface area contributed by atoms with Crippen LogP contribution in [0.5, 0.6) is 5.75 Å². The van der Waals surface area contributed by atoms with E-state index >= 15 is 0 Å². The zero-order valence-electron chi connectivity index (χ0n) is 6.23. The molecule has 3 N–H and O–H groups in total. The molecule has 0 spiro atoms. The van der Waals surface area contributed by atoms with Crippen LogP contribution in [0.2, 0.25) is 0 Å². The SMILES string of the molecule is NCc1cccc(O)c1[N+](=O)[O-]. The topological polar surface area (TPSA) is 89.4 Å². The second-order valence-corrected chi connectivity index (χ2v) is 2.25. The van der Waals surface area contributed by atoms with Gasteiger partial charge in [-0.15, -0.1) is 0 Å². The van der Waals surface area contributed by atoms with Crippen LogP contribution < -0.4 is 5.73 Å². The van der Waals surface area contributed by atoms with Crippen LogP contribution >= 0.6 is 0 Å². The molecule has 5 heteroatoms. The highest BCUT2D eigenvalue weighted by atomic mass is 16.6. The van der Waals surface area contributed by atoms with Gasteiger partial charge in [0.25, 0.3) is 0 Å². The van der Waals surface area contributed by atoms with E-state index < -0.39 is 4.92 Å². The largest absolute Gasteiger partial charge is 0.502 e. The predicted molar refractivity (Wildman–Crippen MR) is 42.7 cm³/mol. The van der Waals surface area contributed by atoms with E-state index in [2.05, 4.69) is 0 Å². The molecule has 0 heterocycles. The summed E-state index contributed by atoms with van der Waals surface area (Å²) >= 11 is 0. The zero-order valence-corrected chi connectivity index (χ0v) is 6.23. The first-order valence-corrected chi connectivity index (χ1v) is 3.32. The molecule has 0 radical (unpaired) electrons. The molecule has 0 fully saturated rings. The Kier molecular flexibility index (Phi) is 2.25. The van der Waals surface area contributed by atoms with Crippen molar-refractivity contribution in [3.8, 4) is 5.75 Å². The first kappa shape index (κ1) is 8.48. The molecule has 1 aromatic carbocycles. The Bertz CT molecular complexity index is 312. The molecule has 0 aliphatic rings. The van der Waals surface area contributed by atoms with Gasteiger partial charge >= 0.3 is 5.69 Å². The Morgan fingerprint density at radius 2 is 2.25 bits per heavy atom. The van der Waals surface area contributed by atoms with Crippen LogP contribution in [0.15, 0.2) is 18.2 Å². The minimum absolute atomic E-state index is 0.0463. The molecule has 0 amide bonds. The van der Waals surface area contributed by atoms with Crippen molar-refractivity contribution in [2.24, 2.45) is 5.73 Å². The van der Waals surface area contributed by atoms with Gasteiger partial charge in [0.05, 0.1) is 4.92 Å². The number of hydrogen-bond acceptors (Lipinski definition) is 4. The van der Waals surface area contributed by atoms with Crippen molar-refractivity contribution in [2.75, 3.05) is 0 Å². The van der Waals surface area contributed by atoms with Crippen LogP contribution in [0.3, 0.4) is 0 Å². The summed E-state index contributed by atoms with van der Waals surface area (Å²) in [6, 6.07) is 4.29. The lowest BCUT2D eigenvalue weighted by atomic mass is 10.1. The van der Waals surface area contributed by atoms with Gasteiger partial charge in [-0.3, -0.25) is 10.1 Å². The first-order valence-electron chi connectivity index (χ1n) is 3.32. The third kappa shape index (κ3) is 1.35. The van der Waals surface area contributed by atoms with E-state index in [0.29, 0.717) is 5.56 Å². The number of hydrogen-bond donors (Lipinski definition) is 2. The predicted octanol–water partition coefficient (Wildman–Crippen LogP) is 0.759. The third-order valence-corrected chi connectivity index (χ3v) is 1.50. The number of nitro benzene ring substituents is 1. The average molecular weight is 168 g/mol. The number of nitro groups is 1. The Labute approximate surface area is 68.6 Å². The van der Waals surface area contributed by atoms with Gasteiger partial charge in [0.2, 0.25) is 0 Å². The smallest absolute Gasteiger partial charge is 0.315 e. The van der Waals surface area contributed by atoms with E-state index in [-0.39, 0.29) is 18.0 Å². The molecule has 0 bridgehead atoms. The zero-order chi connectivity index (χ0) is 9.14. The van der Waals surface area contributed by atoms with Gasteiger partial charge in [-0.1, -0.05) is 12.1 Å². The molecule has 1 rings (SSSR count). The number of aromatic hydroxyl groups is 1. The van der Waals surface area contributed by atoms with Crippen molar-refractivity contribution in [1.29, 1.82) is 0 Å². The number of nitrogens with zero attached hydrogens (tertiary/aromatic N) is 1. The fourth-order valence-electron chi connectivity index (χ4n) is 0.953. The van der Waals surface area contributed by atoms with Crippen molar-refractivity contribution < 1.29 is 10.0 Å². The van der Waals surface area contributed by atoms with Crippen LogP contribution in [-0.2, 0) is 6.54 Å². The molecule has 0 saturated heterocycles.